The second-order valence-electron chi connectivity index (χ2n) is 9.86. The van der Waals surface area contributed by atoms with Crippen molar-refractivity contribution in [2.75, 3.05) is 26.2 Å². The number of nitrogens with zero attached hydrogens (tertiary/aromatic N) is 1. The van der Waals surface area contributed by atoms with Crippen LogP contribution in [0.4, 0.5) is 0 Å². The van der Waals surface area contributed by atoms with Crippen LogP contribution in [0.15, 0.2) is 48.5 Å². The monoisotopic (exact) mass is 479 g/mol. The number of rotatable bonds is 3. The number of fused-ring (bicyclic) bond motifs is 1. The molecule has 1 fully saturated rings. The van der Waals surface area contributed by atoms with Gasteiger partial charge < -0.3 is 25.8 Å². The molecule has 35 heavy (non-hydrogen) atoms. The molecule has 1 atom stereocenters. The average Bonchev–Trinajstić information content (AvgIpc) is 2.89. The van der Waals surface area contributed by atoms with Crippen molar-refractivity contribution < 1.29 is 19.4 Å². The van der Waals surface area contributed by atoms with Crippen LogP contribution < -0.4 is 15.8 Å². The van der Waals surface area contributed by atoms with E-state index in [-0.39, 0.29) is 17.6 Å². The number of amides is 2. The van der Waals surface area contributed by atoms with Gasteiger partial charge >= 0.3 is 0 Å². The number of benzene rings is 2. The lowest BCUT2D eigenvalue weighted by atomic mass is 9.73. The summed E-state index contributed by atoms with van der Waals surface area (Å²) in [4.78, 5) is 28.1. The van der Waals surface area contributed by atoms with E-state index in [1.807, 2.05) is 23.1 Å². The number of carbonyl (C=O) groups excluding carboxylic acids is 2. The van der Waals surface area contributed by atoms with Gasteiger partial charge in [0.1, 0.15) is 18.1 Å². The highest BCUT2D eigenvalue weighted by atomic mass is 16.5. The average molecular weight is 480 g/mol. The number of hydrogen-bond donors (Lipinski definition) is 3. The smallest absolute Gasteiger partial charge is 0.239 e. The minimum atomic E-state index is -0.638. The molecule has 188 valence electrons. The number of nitrogens with one attached hydrogen (secondary N) is 1. The number of likely N-dealkylation sites (tertiary alicyclic amines) is 1. The zero-order chi connectivity index (χ0) is 24.7. The number of phenolic OH excluding ortho intramolecular Hbond substituents is 1. The molecular weight excluding hydrogens is 442 g/mol. The van der Waals surface area contributed by atoms with Crippen LogP contribution in [0.25, 0.3) is 0 Å². The molecule has 0 saturated carbocycles. The highest BCUT2D eigenvalue weighted by Gasteiger charge is 2.42. The van der Waals surface area contributed by atoms with Crippen LogP contribution in [0, 0.1) is 5.41 Å². The normalized spacial score (nSPS) is 19.8. The Labute approximate surface area is 207 Å². The van der Waals surface area contributed by atoms with Crippen LogP contribution in [0.1, 0.15) is 49.7 Å². The summed E-state index contributed by atoms with van der Waals surface area (Å²) in [5, 5.41) is 12.6. The van der Waals surface area contributed by atoms with E-state index in [4.69, 9.17) is 10.5 Å². The molecule has 2 aliphatic rings. The van der Waals surface area contributed by atoms with Crippen LogP contribution >= 0.6 is 0 Å². The van der Waals surface area contributed by atoms with Crippen LogP contribution in [0.5, 0.6) is 11.5 Å². The maximum absolute atomic E-state index is 13.3. The van der Waals surface area contributed by atoms with E-state index in [1.165, 1.54) is 5.56 Å². The van der Waals surface area contributed by atoms with Crippen molar-refractivity contribution in [2.45, 2.75) is 57.4 Å². The first-order chi connectivity index (χ1) is 17.0. The number of ether oxygens (including phenoxy) is 1. The summed E-state index contributed by atoms with van der Waals surface area (Å²) < 4.78 is 5.96. The Morgan fingerprint density at radius 3 is 2.57 bits per heavy atom. The van der Waals surface area contributed by atoms with E-state index >= 15 is 0 Å². The summed E-state index contributed by atoms with van der Waals surface area (Å²) in [7, 11) is 0. The molecule has 1 saturated heterocycles. The van der Waals surface area contributed by atoms with Gasteiger partial charge in [-0.3, -0.25) is 9.59 Å². The molecule has 2 aliphatic heterocycles. The SMILES string of the molecule is N[C@@H](Cc1ccc(O)cc1)C(=O)N1CCC2(CCCCCc3ccccc3OCCNC2=O)CC1. The van der Waals surface area contributed by atoms with Gasteiger partial charge in [0.15, 0.2) is 0 Å². The molecule has 0 aliphatic carbocycles. The predicted molar refractivity (Wildman–Crippen MR) is 135 cm³/mol. The molecule has 1 spiro atoms. The van der Waals surface area contributed by atoms with Gasteiger partial charge in [-0.1, -0.05) is 43.2 Å². The Morgan fingerprint density at radius 2 is 1.80 bits per heavy atom. The van der Waals surface area contributed by atoms with Gasteiger partial charge in [0.05, 0.1) is 18.0 Å². The van der Waals surface area contributed by atoms with E-state index in [0.29, 0.717) is 45.5 Å². The highest BCUT2D eigenvalue weighted by molar-refractivity contribution is 5.84. The molecule has 2 heterocycles. The summed E-state index contributed by atoms with van der Waals surface area (Å²) in [5.74, 6) is 1.10. The second kappa shape index (κ2) is 11.6. The maximum Gasteiger partial charge on any atom is 0.239 e. The van der Waals surface area contributed by atoms with Gasteiger partial charge in [-0.2, -0.15) is 0 Å². The summed E-state index contributed by atoms with van der Waals surface area (Å²) in [5.41, 5.74) is 7.93. The lowest BCUT2D eigenvalue weighted by Crippen LogP contribution is -2.53. The van der Waals surface area contributed by atoms with E-state index in [1.54, 1.807) is 24.3 Å². The molecule has 7 nitrogen and oxygen atoms in total. The molecule has 2 aromatic carbocycles. The van der Waals surface area contributed by atoms with Crippen molar-refractivity contribution in [3.05, 3.63) is 59.7 Å². The standard InChI is InChI=1S/C28H37N3O4/c29-24(20-21-9-11-23(32)12-10-21)26(33)31-17-14-28(15-18-31)13-5-1-2-6-22-7-3-4-8-25(22)35-19-16-30-27(28)34/h3-4,7-12,24,32H,1-2,5-6,13-20,29H2,(H,30,34)/t24-/m0/s1. The van der Waals surface area contributed by atoms with E-state index in [9.17, 15) is 14.7 Å². The van der Waals surface area contributed by atoms with E-state index < -0.39 is 11.5 Å². The van der Waals surface area contributed by atoms with Crippen molar-refractivity contribution in [3.8, 4) is 11.5 Å². The van der Waals surface area contributed by atoms with Crippen molar-refractivity contribution in [3.63, 3.8) is 0 Å². The highest BCUT2D eigenvalue weighted by Crippen LogP contribution is 2.38. The summed E-state index contributed by atoms with van der Waals surface area (Å²) >= 11 is 0. The first-order valence-electron chi connectivity index (χ1n) is 12.8. The van der Waals surface area contributed by atoms with Gasteiger partial charge in [0.25, 0.3) is 0 Å². The molecule has 2 aromatic rings. The van der Waals surface area contributed by atoms with E-state index in [0.717, 1.165) is 43.4 Å². The molecule has 7 heteroatoms. The molecule has 0 radical (unpaired) electrons. The Kier molecular flexibility index (Phi) is 8.29. The Bertz CT molecular complexity index is 1000. The quantitative estimate of drug-likeness (QED) is 0.627. The van der Waals surface area contributed by atoms with Crippen molar-refractivity contribution in [1.29, 1.82) is 0 Å². The molecule has 0 bridgehead atoms. The summed E-state index contributed by atoms with van der Waals surface area (Å²) in [6, 6.07) is 14.3. The molecule has 0 unspecified atom stereocenters. The number of para-hydroxylation sites is 1. The number of nitrogens with two attached hydrogens (primary N) is 1. The molecule has 4 N–H and O–H groups in total. The number of phenols is 1. The summed E-state index contributed by atoms with van der Waals surface area (Å²) in [6.45, 7) is 1.99. The minimum Gasteiger partial charge on any atom is -0.508 e. The van der Waals surface area contributed by atoms with Crippen LogP contribution in [0.3, 0.4) is 0 Å². The van der Waals surface area contributed by atoms with E-state index in [2.05, 4.69) is 11.4 Å². The third-order valence-electron chi connectivity index (χ3n) is 7.44. The lowest BCUT2D eigenvalue weighted by Gasteiger charge is -2.41. The number of aromatic hydroxyl groups is 1. The van der Waals surface area contributed by atoms with Crippen molar-refractivity contribution >= 4 is 11.8 Å². The van der Waals surface area contributed by atoms with Gasteiger partial charge in [-0.05, 0) is 67.9 Å². The lowest BCUT2D eigenvalue weighted by molar-refractivity contribution is -0.141. The molecule has 4 rings (SSSR count). The fourth-order valence-corrected chi connectivity index (χ4v) is 5.27. The number of piperidine rings is 1. The number of hydrogen-bond acceptors (Lipinski definition) is 5. The number of aryl methyl sites for hydroxylation is 1. The largest absolute Gasteiger partial charge is 0.508 e. The topological polar surface area (TPSA) is 105 Å². The molecule has 0 aromatic heterocycles. The minimum absolute atomic E-state index is 0.0779. The Hall–Kier alpha value is -3.06. The fraction of sp³-hybridized carbons (Fsp3) is 0.500. The van der Waals surface area contributed by atoms with Gasteiger partial charge in [0, 0.05) is 13.1 Å². The Morgan fingerprint density at radius 1 is 1.06 bits per heavy atom. The predicted octanol–water partition coefficient (Wildman–Crippen LogP) is 3.18. The Balaban J connectivity index is 1.34. The van der Waals surface area contributed by atoms with Crippen LogP contribution in [0.2, 0.25) is 0 Å². The van der Waals surface area contributed by atoms with Crippen molar-refractivity contribution in [2.24, 2.45) is 11.1 Å². The molecule has 2 amide bonds. The fourth-order valence-electron chi connectivity index (χ4n) is 5.27. The summed E-state index contributed by atoms with van der Waals surface area (Å²) in [6.07, 6.45) is 6.65. The van der Waals surface area contributed by atoms with Crippen LogP contribution in [-0.4, -0.2) is 54.1 Å². The first kappa shape index (κ1) is 25.0. The molecular formula is C28H37N3O4. The first-order valence-corrected chi connectivity index (χ1v) is 12.8. The zero-order valence-corrected chi connectivity index (χ0v) is 20.4. The van der Waals surface area contributed by atoms with Gasteiger partial charge in [-0.15, -0.1) is 0 Å². The zero-order valence-electron chi connectivity index (χ0n) is 20.4. The second-order valence-corrected chi connectivity index (χ2v) is 9.86. The van der Waals surface area contributed by atoms with Gasteiger partial charge in [0.2, 0.25) is 11.8 Å². The third-order valence-corrected chi connectivity index (χ3v) is 7.44. The number of carbonyl (C=O) groups is 2. The van der Waals surface area contributed by atoms with Crippen molar-refractivity contribution in [1.82, 2.24) is 10.2 Å². The third kappa shape index (κ3) is 6.34. The van der Waals surface area contributed by atoms with Gasteiger partial charge in [-0.25, -0.2) is 0 Å². The van der Waals surface area contributed by atoms with Crippen LogP contribution in [-0.2, 0) is 22.4 Å². The maximum atomic E-state index is 13.3.